The Morgan fingerprint density at radius 2 is 1.74 bits per heavy atom. The Balaban J connectivity index is 1.11. The van der Waals surface area contributed by atoms with E-state index in [1.54, 1.807) is 18.3 Å². The number of nitrogens with zero attached hydrogens (tertiary/aromatic N) is 4. The van der Waals surface area contributed by atoms with E-state index in [1.165, 1.54) is 4.68 Å². The molecule has 2 aliphatic heterocycles. The smallest absolute Gasteiger partial charge is 0.292 e. The maximum Gasteiger partial charge on any atom is 0.292 e. The predicted molar refractivity (Wildman–Crippen MR) is 133 cm³/mol. The highest BCUT2D eigenvalue weighted by molar-refractivity contribution is 6.33. The van der Waals surface area contributed by atoms with Gasteiger partial charge in [0, 0.05) is 26.2 Å². The van der Waals surface area contributed by atoms with Crippen LogP contribution in [0.3, 0.4) is 0 Å². The Morgan fingerprint density at radius 3 is 2.51 bits per heavy atom. The topological polar surface area (TPSA) is 88.9 Å². The van der Waals surface area contributed by atoms with Gasteiger partial charge in [0.15, 0.2) is 11.5 Å². The quantitative estimate of drug-likeness (QED) is 0.559. The van der Waals surface area contributed by atoms with Gasteiger partial charge in [0.05, 0.1) is 30.7 Å². The first-order chi connectivity index (χ1) is 17.1. The van der Waals surface area contributed by atoms with Crippen molar-refractivity contribution in [2.24, 2.45) is 0 Å². The summed E-state index contributed by atoms with van der Waals surface area (Å²) in [6.07, 6.45) is 1.40. The summed E-state index contributed by atoms with van der Waals surface area (Å²) in [5, 5.41) is 7.40. The van der Waals surface area contributed by atoms with Crippen LogP contribution in [0.1, 0.15) is 0 Å². The summed E-state index contributed by atoms with van der Waals surface area (Å²) in [6.45, 7) is 3.68. The molecular formula is C25H26ClN5O4. The fourth-order valence-electron chi connectivity index (χ4n) is 4.19. The number of piperazine rings is 1. The summed E-state index contributed by atoms with van der Waals surface area (Å²) in [4.78, 5) is 29.4. The molecule has 1 N–H and O–H groups in total. The zero-order valence-corrected chi connectivity index (χ0v) is 19.9. The SMILES string of the molecule is O=C(CN1CCN(c2cnn(-c3ccccc3)c(=O)c2Cl)CC1)NCC1COc2ccccc2O1. The maximum absolute atomic E-state index is 12.8. The molecule has 2 aromatic carbocycles. The lowest BCUT2D eigenvalue weighted by Crippen LogP contribution is -2.51. The van der Waals surface area contributed by atoms with Crippen LogP contribution < -0.4 is 25.2 Å². The Hall–Kier alpha value is -3.56. The first-order valence-corrected chi connectivity index (χ1v) is 11.9. The lowest BCUT2D eigenvalue weighted by Gasteiger charge is -2.35. The number of carbonyl (C=O) groups excluding carboxylic acids is 1. The molecule has 0 aliphatic carbocycles. The summed E-state index contributed by atoms with van der Waals surface area (Å²) in [5.41, 5.74) is 0.924. The van der Waals surface area contributed by atoms with Crippen LogP contribution in [-0.4, -0.2) is 72.6 Å². The third-order valence-electron chi connectivity index (χ3n) is 6.08. The Kier molecular flexibility index (Phi) is 6.87. The lowest BCUT2D eigenvalue weighted by atomic mass is 10.2. The molecule has 182 valence electrons. The van der Waals surface area contributed by atoms with Gasteiger partial charge in [-0.1, -0.05) is 41.9 Å². The van der Waals surface area contributed by atoms with Gasteiger partial charge in [-0.3, -0.25) is 14.5 Å². The van der Waals surface area contributed by atoms with E-state index in [0.29, 0.717) is 63.0 Å². The van der Waals surface area contributed by atoms with E-state index in [-0.39, 0.29) is 22.6 Å². The van der Waals surface area contributed by atoms with Gasteiger partial charge in [0.1, 0.15) is 17.7 Å². The zero-order valence-electron chi connectivity index (χ0n) is 19.1. The number of nitrogens with one attached hydrogen (secondary N) is 1. The molecule has 0 spiro atoms. The molecule has 3 aromatic rings. The average molecular weight is 496 g/mol. The second-order valence-electron chi connectivity index (χ2n) is 8.46. The van der Waals surface area contributed by atoms with Crippen molar-refractivity contribution in [2.75, 3.05) is 50.8 Å². The molecule has 10 heteroatoms. The van der Waals surface area contributed by atoms with Gasteiger partial charge in [-0.15, -0.1) is 0 Å². The molecule has 35 heavy (non-hydrogen) atoms. The number of fused-ring (bicyclic) bond motifs is 1. The molecule has 9 nitrogen and oxygen atoms in total. The Labute approximate surface area is 207 Å². The van der Waals surface area contributed by atoms with Gasteiger partial charge in [0.25, 0.3) is 5.56 Å². The second kappa shape index (κ2) is 10.4. The van der Waals surface area contributed by atoms with E-state index >= 15 is 0 Å². The van der Waals surface area contributed by atoms with Crippen LogP contribution in [0.25, 0.3) is 5.69 Å². The van der Waals surface area contributed by atoms with Crippen molar-refractivity contribution in [3.8, 4) is 17.2 Å². The lowest BCUT2D eigenvalue weighted by molar-refractivity contribution is -0.122. The van der Waals surface area contributed by atoms with Gasteiger partial charge in [-0.2, -0.15) is 9.78 Å². The molecule has 2 aliphatic rings. The highest BCUT2D eigenvalue weighted by Gasteiger charge is 2.24. The van der Waals surface area contributed by atoms with Crippen LogP contribution in [0.2, 0.25) is 5.02 Å². The molecule has 1 amide bonds. The molecule has 1 atom stereocenters. The summed E-state index contributed by atoms with van der Waals surface area (Å²) < 4.78 is 12.9. The summed E-state index contributed by atoms with van der Waals surface area (Å²) in [6, 6.07) is 16.7. The summed E-state index contributed by atoms with van der Waals surface area (Å²) >= 11 is 6.43. The normalized spacial score (nSPS) is 17.7. The predicted octanol–water partition coefficient (Wildman–Crippen LogP) is 1.96. The van der Waals surface area contributed by atoms with E-state index in [4.69, 9.17) is 21.1 Å². The number of halogens is 1. The second-order valence-corrected chi connectivity index (χ2v) is 8.84. The van der Waals surface area contributed by atoms with E-state index in [2.05, 4.69) is 15.3 Å². The molecule has 1 fully saturated rings. The van der Waals surface area contributed by atoms with E-state index in [1.807, 2.05) is 47.4 Å². The van der Waals surface area contributed by atoms with E-state index in [9.17, 15) is 9.59 Å². The monoisotopic (exact) mass is 495 g/mol. The van der Waals surface area contributed by atoms with Crippen molar-refractivity contribution >= 4 is 23.2 Å². The Bertz CT molecular complexity index is 1240. The van der Waals surface area contributed by atoms with Gasteiger partial charge in [0.2, 0.25) is 5.91 Å². The van der Waals surface area contributed by atoms with Crippen LogP contribution in [-0.2, 0) is 4.79 Å². The molecule has 3 heterocycles. The number of ether oxygens (including phenoxy) is 2. The Morgan fingerprint density at radius 1 is 1.03 bits per heavy atom. The third-order valence-corrected chi connectivity index (χ3v) is 6.43. The van der Waals surface area contributed by atoms with Crippen molar-refractivity contribution in [1.29, 1.82) is 0 Å². The largest absolute Gasteiger partial charge is 0.486 e. The zero-order chi connectivity index (χ0) is 24.2. The summed E-state index contributed by atoms with van der Waals surface area (Å²) in [7, 11) is 0. The van der Waals surface area contributed by atoms with Gasteiger partial charge in [-0.25, -0.2) is 0 Å². The van der Waals surface area contributed by atoms with Crippen LogP contribution >= 0.6 is 11.6 Å². The number of carbonyl (C=O) groups is 1. The highest BCUT2D eigenvalue weighted by Crippen LogP contribution is 2.30. The van der Waals surface area contributed by atoms with Gasteiger partial charge in [-0.05, 0) is 24.3 Å². The number of para-hydroxylation sites is 3. The standard InChI is InChI=1S/C25H26ClN5O4/c26-24-20(15-28-31(25(24)33)18-6-2-1-3-7-18)30-12-10-29(11-13-30)16-23(32)27-14-19-17-34-21-8-4-5-9-22(21)35-19/h1-9,15,19H,10-14,16-17H2,(H,27,32). The number of benzene rings is 2. The first-order valence-electron chi connectivity index (χ1n) is 11.5. The van der Waals surface area contributed by atoms with Gasteiger partial charge >= 0.3 is 0 Å². The molecule has 0 bridgehead atoms. The van der Waals surface area contributed by atoms with Crippen LogP contribution in [0.15, 0.2) is 65.6 Å². The van der Waals surface area contributed by atoms with Crippen molar-refractivity contribution in [3.63, 3.8) is 0 Å². The molecule has 1 unspecified atom stereocenters. The number of amides is 1. The minimum absolute atomic E-state index is 0.0638. The molecule has 5 rings (SSSR count). The maximum atomic E-state index is 12.8. The first kappa shape index (κ1) is 23.2. The molecule has 0 saturated carbocycles. The third kappa shape index (κ3) is 5.26. The average Bonchev–Trinajstić information content (AvgIpc) is 2.90. The molecule has 1 saturated heterocycles. The van der Waals surface area contributed by atoms with E-state index < -0.39 is 0 Å². The number of hydrogen-bond donors (Lipinski definition) is 1. The molecule has 1 aromatic heterocycles. The number of aromatic nitrogens is 2. The van der Waals surface area contributed by atoms with Crippen LogP contribution in [0.5, 0.6) is 11.5 Å². The number of rotatable bonds is 6. The minimum Gasteiger partial charge on any atom is -0.486 e. The van der Waals surface area contributed by atoms with Crippen molar-refractivity contribution in [3.05, 3.63) is 76.2 Å². The fraction of sp³-hybridized carbons (Fsp3) is 0.320. The van der Waals surface area contributed by atoms with Crippen molar-refractivity contribution in [1.82, 2.24) is 20.0 Å². The number of anilines is 1. The van der Waals surface area contributed by atoms with Crippen LogP contribution in [0, 0.1) is 0 Å². The molecular weight excluding hydrogens is 470 g/mol. The molecule has 0 radical (unpaired) electrons. The van der Waals surface area contributed by atoms with Crippen molar-refractivity contribution < 1.29 is 14.3 Å². The minimum atomic E-state index is -0.353. The fourth-order valence-corrected chi connectivity index (χ4v) is 4.44. The van der Waals surface area contributed by atoms with E-state index in [0.717, 1.165) is 5.75 Å². The van der Waals surface area contributed by atoms with Crippen molar-refractivity contribution in [2.45, 2.75) is 6.10 Å². The summed E-state index contributed by atoms with van der Waals surface area (Å²) in [5.74, 6) is 1.35. The van der Waals surface area contributed by atoms with Crippen LogP contribution in [0.4, 0.5) is 5.69 Å². The van der Waals surface area contributed by atoms with Gasteiger partial charge < -0.3 is 19.7 Å². The number of hydrogen-bond acceptors (Lipinski definition) is 7. The highest BCUT2D eigenvalue weighted by atomic mass is 35.5.